The van der Waals surface area contributed by atoms with Crippen molar-refractivity contribution in [3.63, 3.8) is 0 Å². The molecule has 1 aliphatic heterocycles. The van der Waals surface area contributed by atoms with E-state index in [-0.39, 0.29) is 0 Å². The van der Waals surface area contributed by atoms with Crippen LogP contribution in [0, 0.1) is 0 Å². The van der Waals surface area contributed by atoms with Crippen LogP contribution < -0.4 is 10.1 Å². The molecule has 0 amide bonds. The number of methoxy groups -OCH3 is 1. The summed E-state index contributed by atoms with van der Waals surface area (Å²) in [7, 11) is 1.61. The van der Waals surface area contributed by atoms with Crippen molar-refractivity contribution >= 4 is 16.7 Å². The first-order chi connectivity index (χ1) is 9.22. The molecule has 4 heteroatoms. The van der Waals surface area contributed by atoms with Gasteiger partial charge in [0.05, 0.1) is 7.11 Å². The van der Waals surface area contributed by atoms with Gasteiger partial charge in [-0.15, -0.1) is 0 Å². The summed E-state index contributed by atoms with van der Waals surface area (Å²) in [4.78, 5) is 11.3. The monoisotopic (exact) mass is 257 g/mol. The van der Waals surface area contributed by atoms with Crippen LogP contribution >= 0.6 is 0 Å². The van der Waals surface area contributed by atoms with Crippen LogP contribution in [0.4, 0.5) is 0 Å². The van der Waals surface area contributed by atoms with Crippen molar-refractivity contribution in [1.82, 2.24) is 5.32 Å². The standard InChI is InChI=1S/C15H15NO3/c1-19-13-8-12-10(6-7-16-14(12)15(17)18)9-4-2-3-5-11(9)13/h2-5,8,14,16H,6-7H2,1H3,(H,17,18). The summed E-state index contributed by atoms with van der Waals surface area (Å²) in [5.74, 6) is -0.123. The van der Waals surface area contributed by atoms with Crippen LogP contribution in [-0.2, 0) is 11.2 Å². The third-order valence-electron chi connectivity index (χ3n) is 3.65. The average molecular weight is 257 g/mol. The molecule has 1 aliphatic rings. The molecule has 98 valence electrons. The Morgan fingerprint density at radius 2 is 2.11 bits per heavy atom. The molecular weight excluding hydrogens is 242 g/mol. The van der Waals surface area contributed by atoms with Gasteiger partial charge in [-0.3, -0.25) is 4.79 Å². The lowest BCUT2D eigenvalue weighted by atomic mass is 9.89. The van der Waals surface area contributed by atoms with E-state index in [9.17, 15) is 9.90 Å². The van der Waals surface area contributed by atoms with Gasteiger partial charge in [0.1, 0.15) is 11.8 Å². The number of aliphatic carboxylic acids is 1. The molecular formula is C15H15NO3. The van der Waals surface area contributed by atoms with Gasteiger partial charge in [-0.2, -0.15) is 0 Å². The minimum Gasteiger partial charge on any atom is -0.496 e. The molecule has 4 nitrogen and oxygen atoms in total. The number of benzene rings is 2. The van der Waals surface area contributed by atoms with Crippen LogP contribution in [0.5, 0.6) is 5.75 Å². The predicted molar refractivity (Wildman–Crippen MR) is 72.6 cm³/mol. The fourth-order valence-electron chi connectivity index (χ4n) is 2.80. The largest absolute Gasteiger partial charge is 0.496 e. The highest BCUT2D eigenvalue weighted by Gasteiger charge is 2.28. The van der Waals surface area contributed by atoms with E-state index in [1.807, 2.05) is 30.3 Å². The molecule has 0 saturated carbocycles. The first-order valence-corrected chi connectivity index (χ1v) is 6.27. The van der Waals surface area contributed by atoms with E-state index < -0.39 is 12.0 Å². The summed E-state index contributed by atoms with van der Waals surface area (Å²) in [6.07, 6.45) is 0.837. The van der Waals surface area contributed by atoms with Crippen LogP contribution in [0.2, 0.25) is 0 Å². The lowest BCUT2D eigenvalue weighted by Gasteiger charge is -2.26. The molecule has 1 unspecified atom stereocenters. The molecule has 0 fully saturated rings. The van der Waals surface area contributed by atoms with Gasteiger partial charge in [-0.05, 0) is 29.0 Å². The molecule has 2 N–H and O–H groups in total. The lowest BCUT2D eigenvalue weighted by molar-refractivity contribution is -0.139. The quantitative estimate of drug-likeness (QED) is 0.865. The second-order valence-electron chi connectivity index (χ2n) is 4.67. The number of hydrogen-bond acceptors (Lipinski definition) is 3. The van der Waals surface area contributed by atoms with Crippen molar-refractivity contribution in [2.75, 3.05) is 13.7 Å². The van der Waals surface area contributed by atoms with Crippen LogP contribution in [-0.4, -0.2) is 24.7 Å². The third-order valence-corrected chi connectivity index (χ3v) is 3.65. The highest BCUT2D eigenvalue weighted by molar-refractivity contribution is 5.94. The van der Waals surface area contributed by atoms with E-state index >= 15 is 0 Å². The SMILES string of the molecule is COc1cc2c(c3ccccc13)CCNC2C(=O)O. The van der Waals surface area contributed by atoms with E-state index in [0.717, 1.165) is 34.1 Å². The van der Waals surface area contributed by atoms with Gasteiger partial charge >= 0.3 is 5.97 Å². The molecule has 0 aromatic heterocycles. The molecule has 3 rings (SSSR count). The smallest absolute Gasteiger partial charge is 0.325 e. The Labute approximate surface area is 111 Å². The van der Waals surface area contributed by atoms with Crippen LogP contribution in [0.15, 0.2) is 30.3 Å². The second-order valence-corrected chi connectivity index (χ2v) is 4.67. The van der Waals surface area contributed by atoms with Crippen molar-refractivity contribution in [2.24, 2.45) is 0 Å². The number of nitrogens with one attached hydrogen (secondary N) is 1. The molecule has 2 aromatic rings. The highest BCUT2D eigenvalue weighted by atomic mass is 16.5. The molecule has 0 spiro atoms. The van der Waals surface area contributed by atoms with Crippen molar-refractivity contribution in [3.05, 3.63) is 41.5 Å². The maximum atomic E-state index is 11.3. The van der Waals surface area contributed by atoms with Crippen LogP contribution in [0.25, 0.3) is 10.8 Å². The molecule has 19 heavy (non-hydrogen) atoms. The van der Waals surface area contributed by atoms with Gasteiger partial charge in [0.25, 0.3) is 0 Å². The Morgan fingerprint density at radius 1 is 1.37 bits per heavy atom. The number of carboxylic acids is 1. The zero-order valence-electron chi connectivity index (χ0n) is 10.6. The van der Waals surface area contributed by atoms with E-state index in [2.05, 4.69) is 5.32 Å². The van der Waals surface area contributed by atoms with Crippen LogP contribution in [0.1, 0.15) is 17.2 Å². The number of hydrogen-bond donors (Lipinski definition) is 2. The van der Waals surface area contributed by atoms with Crippen molar-refractivity contribution in [1.29, 1.82) is 0 Å². The Morgan fingerprint density at radius 3 is 2.79 bits per heavy atom. The van der Waals surface area contributed by atoms with Crippen molar-refractivity contribution in [2.45, 2.75) is 12.5 Å². The average Bonchev–Trinajstić information content (AvgIpc) is 2.45. The lowest BCUT2D eigenvalue weighted by Crippen LogP contribution is -2.35. The Kier molecular flexibility index (Phi) is 2.87. The minimum atomic E-state index is -0.849. The predicted octanol–water partition coefficient (Wildman–Crippen LogP) is 2.12. The summed E-state index contributed by atoms with van der Waals surface area (Å²) < 4.78 is 5.40. The first-order valence-electron chi connectivity index (χ1n) is 6.27. The Hall–Kier alpha value is -2.07. The van der Waals surface area contributed by atoms with Gasteiger partial charge in [0.15, 0.2) is 0 Å². The molecule has 1 heterocycles. The molecule has 0 radical (unpaired) electrons. The van der Waals surface area contributed by atoms with Gasteiger partial charge in [0.2, 0.25) is 0 Å². The number of ether oxygens (including phenoxy) is 1. The number of fused-ring (bicyclic) bond motifs is 3. The summed E-state index contributed by atoms with van der Waals surface area (Å²) in [6.45, 7) is 0.681. The molecule has 1 atom stereocenters. The molecule has 0 aliphatic carbocycles. The summed E-state index contributed by atoms with van der Waals surface area (Å²) in [5, 5.41) is 14.5. The normalized spacial score (nSPS) is 18.1. The van der Waals surface area contributed by atoms with Crippen molar-refractivity contribution in [3.8, 4) is 5.75 Å². The maximum Gasteiger partial charge on any atom is 0.325 e. The zero-order chi connectivity index (χ0) is 13.4. The van der Waals surface area contributed by atoms with Crippen molar-refractivity contribution < 1.29 is 14.6 Å². The third kappa shape index (κ3) is 1.85. The van der Waals surface area contributed by atoms with E-state index in [1.54, 1.807) is 7.11 Å². The zero-order valence-corrected chi connectivity index (χ0v) is 10.6. The van der Waals surface area contributed by atoms with Gasteiger partial charge in [-0.25, -0.2) is 0 Å². The van der Waals surface area contributed by atoms with Gasteiger partial charge < -0.3 is 15.2 Å². The Bertz CT molecular complexity index is 651. The fraction of sp³-hybridized carbons (Fsp3) is 0.267. The van der Waals surface area contributed by atoms with E-state index in [4.69, 9.17) is 4.74 Å². The second kappa shape index (κ2) is 4.55. The number of carboxylic acid groups (broad SMARTS) is 1. The topological polar surface area (TPSA) is 58.6 Å². The number of carbonyl (C=O) groups is 1. The summed E-state index contributed by atoms with van der Waals surface area (Å²) in [6, 6.07) is 9.17. The van der Waals surface area contributed by atoms with Gasteiger partial charge in [0, 0.05) is 11.9 Å². The summed E-state index contributed by atoms with van der Waals surface area (Å²) in [5.41, 5.74) is 1.93. The Balaban J connectivity index is 2.32. The van der Waals surface area contributed by atoms with E-state index in [0.29, 0.717) is 6.54 Å². The maximum absolute atomic E-state index is 11.3. The molecule has 0 saturated heterocycles. The molecule has 0 bridgehead atoms. The van der Waals surface area contributed by atoms with Gasteiger partial charge in [-0.1, -0.05) is 24.3 Å². The minimum absolute atomic E-state index is 0.651. The summed E-state index contributed by atoms with van der Waals surface area (Å²) >= 11 is 0. The van der Waals surface area contributed by atoms with Crippen LogP contribution in [0.3, 0.4) is 0 Å². The highest BCUT2D eigenvalue weighted by Crippen LogP contribution is 2.36. The fourth-order valence-corrected chi connectivity index (χ4v) is 2.80. The first kappa shape index (κ1) is 12.0. The number of rotatable bonds is 2. The molecule has 2 aromatic carbocycles. The van der Waals surface area contributed by atoms with E-state index in [1.165, 1.54) is 0 Å².